The standard InChI is InChI=1S/C15H13N3O4S.C10H12N2O4.C6H6O3/c1-18-13(15(20)17-12-8-4-5-9-16-12)14(19)10-6-2-3-7-11(10)23(18,21)22;1-6-4-12(10(15)11-9(6)14)8-3-2-7(5-13)16-8;7-4-2-1-3-5(8)6(4)9/h2-9,19H,1H3,(H,16,17,20);2-4,7-8,13H,5H2,1H3,(H,11,14,15);1-3,7-9H/t;7-,8+;/m.0./s1. The number of nitrogens with zero attached hydrogens (tertiary/aromatic N) is 3. The predicted molar refractivity (Wildman–Crippen MR) is 171 cm³/mol. The fourth-order valence-corrected chi connectivity index (χ4v) is 5.74. The average Bonchev–Trinajstić information content (AvgIpc) is 3.55. The van der Waals surface area contributed by atoms with E-state index in [0.29, 0.717) is 5.56 Å². The Morgan fingerprint density at radius 3 is 2.25 bits per heavy atom. The second-order valence-corrected chi connectivity index (χ2v) is 12.0. The maximum atomic E-state index is 12.5. The highest BCUT2D eigenvalue weighted by Crippen LogP contribution is 2.35. The number of aryl methyl sites for hydroxylation is 1. The largest absolute Gasteiger partial charge is 0.505 e. The number of aromatic hydroxyl groups is 3. The fourth-order valence-electron chi connectivity index (χ4n) is 4.34. The van der Waals surface area contributed by atoms with Crippen molar-refractivity contribution < 1.29 is 43.5 Å². The molecule has 2 aromatic heterocycles. The topological polar surface area (TPSA) is 245 Å². The average molecular weight is 682 g/mol. The second-order valence-electron chi connectivity index (χ2n) is 10.1. The molecule has 7 N–H and O–H groups in total. The first-order valence-corrected chi connectivity index (χ1v) is 15.4. The molecule has 0 saturated heterocycles. The molecule has 48 heavy (non-hydrogen) atoms. The van der Waals surface area contributed by atoms with E-state index in [9.17, 15) is 27.9 Å². The molecule has 16 nitrogen and oxygen atoms in total. The Kier molecular flexibility index (Phi) is 10.7. The van der Waals surface area contributed by atoms with Crippen LogP contribution in [0.1, 0.15) is 17.4 Å². The first-order chi connectivity index (χ1) is 22.8. The smallest absolute Gasteiger partial charge is 0.330 e. The van der Waals surface area contributed by atoms with Crippen LogP contribution >= 0.6 is 0 Å². The molecule has 0 fully saturated rings. The maximum absolute atomic E-state index is 12.5. The zero-order valence-electron chi connectivity index (χ0n) is 25.4. The highest BCUT2D eigenvalue weighted by Gasteiger charge is 2.37. The van der Waals surface area contributed by atoms with E-state index < -0.39 is 51.0 Å². The number of aliphatic hydroxyl groups excluding tert-OH is 2. The number of amides is 1. The highest BCUT2D eigenvalue weighted by atomic mass is 32.2. The van der Waals surface area contributed by atoms with Crippen molar-refractivity contribution in [1.29, 1.82) is 0 Å². The van der Waals surface area contributed by atoms with Crippen LogP contribution in [0.25, 0.3) is 5.76 Å². The van der Waals surface area contributed by atoms with E-state index in [0.717, 1.165) is 4.31 Å². The van der Waals surface area contributed by atoms with Gasteiger partial charge < -0.3 is 35.6 Å². The number of hydrogen-bond donors (Lipinski definition) is 7. The number of hydrogen-bond acceptors (Lipinski definition) is 12. The summed E-state index contributed by atoms with van der Waals surface area (Å²) in [5.74, 6) is -2.00. The third kappa shape index (κ3) is 7.55. The number of rotatable bonds is 4. The molecule has 1 amide bonds. The first-order valence-electron chi connectivity index (χ1n) is 14.0. The van der Waals surface area contributed by atoms with Gasteiger partial charge in [-0.05, 0) is 49.4 Å². The lowest BCUT2D eigenvalue weighted by Crippen LogP contribution is -2.37. The van der Waals surface area contributed by atoms with Gasteiger partial charge >= 0.3 is 5.69 Å². The molecule has 0 radical (unpaired) electrons. The molecule has 4 aromatic rings. The van der Waals surface area contributed by atoms with Crippen molar-refractivity contribution in [2.75, 3.05) is 19.0 Å². The third-order valence-electron chi connectivity index (χ3n) is 6.84. The van der Waals surface area contributed by atoms with Crippen LogP contribution in [-0.4, -0.2) is 78.5 Å². The molecular formula is C31H31N5O11S. The van der Waals surface area contributed by atoms with Crippen LogP contribution in [0.15, 0.2) is 105 Å². The van der Waals surface area contributed by atoms with Gasteiger partial charge in [-0.25, -0.2) is 18.2 Å². The number of fused-ring (bicyclic) bond motifs is 1. The molecule has 0 bridgehead atoms. The van der Waals surface area contributed by atoms with Crippen molar-refractivity contribution >= 4 is 27.5 Å². The Balaban J connectivity index is 0.000000180. The van der Waals surface area contributed by atoms with E-state index >= 15 is 0 Å². The number of likely N-dealkylation sites (N-methyl/N-ethyl adjacent to an activating group) is 1. The summed E-state index contributed by atoms with van der Waals surface area (Å²) in [6.45, 7) is 1.47. The van der Waals surface area contributed by atoms with E-state index in [2.05, 4.69) is 15.3 Å². The van der Waals surface area contributed by atoms with E-state index in [4.69, 9.17) is 25.2 Å². The monoisotopic (exact) mass is 681 g/mol. The Bertz CT molecular complexity index is 2070. The number of nitrogens with one attached hydrogen (secondary N) is 2. The van der Waals surface area contributed by atoms with Gasteiger partial charge in [0, 0.05) is 30.6 Å². The lowest BCUT2D eigenvalue weighted by atomic mass is 10.1. The summed E-state index contributed by atoms with van der Waals surface area (Å²) in [6, 6.07) is 14.9. The fraction of sp³-hybridized carbons (Fsp3) is 0.161. The molecule has 252 valence electrons. The van der Waals surface area contributed by atoms with Gasteiger partial charge in [0.05, 0.1) is 11.5 Å². The first kappa shape index (κ1) is 35.0. The second kappa shape index (κ2) is 14.7. The SMILES string of the molecule is CN1C(C(=O)Nc2ccccn2)=C(O)c2ccccc2S1(=O)=O.Cc1cn([C@H]2C=C[C@@H](CO)O2)c(=O)[nH]c1=O.Oc1cccc(O)c1O. The molecular weight excluding hydrogens is 650 g/mol. The van der Waals surface area contributed by atoms with Gasteiger partial charge in [0.25, 0.3) is 21.5 Å². The van der Waals surface area contributed by atoms with Crippen molar-refractivity contribution in [1.82, 2.24) is 18.8 Å². The zero-order valence-corrected chi connectivity index (χ0v) is 26.2. The number of benzene rings is 2. The molecule has 17 heteroatoms. The zero-order chi connectivity index (χ0) is 35.2. The number of anilines is 1. The number of aromatic nitrogens is 3. The van der Waals surface area contributed by atoms with Gasteiger partial charge in [-0.3, -0.25) is 23.4 Å². The van der Waals surface area contributed by atoms with Crippen molar-refractivity contribution in [2.24, 2.45) is 0 Å². The number of phenolic OH excluding ortho intramolecular Hbond substituents is 3. The van der Waals surface area contributed by atoms with Gasteiger partial charge in [0.1, 0.15) is 11.9 Å². The summed E-state index contributed by atoms with van der Waals surface area (Å²) < 4.78 is 32.4. The van der Waals surface area contributed by atoms with Gasteiger partial charge in [-0.2, -0.15) is 0 Å². The minimum atomic E-state index is -3.91. The predicted octanol–water partition coefficient (Wildman–Crippen LogP) is 1.68. The number of pyridine rings is 1. The Hall–Kier alpha value is -5.91. The quantitative estimate of drug-likeness (QED) is 0.120. The third-order valence-corrected chi connectivity index (χ3v) is 8.65. The molecule has 0 unspecified atom stereocenters. The van der Waals surface area contributed by atoms with Crippen LogP contribution in [0, 0.1) is 6.92 Å². The van der Waals surface area contributed by atoms with Gasteiger partial charge in [-0.1, -0.05) is 30.3 Å². The molecule has 2 aromatic carbocycles. The molecule has 2 atom stereocenters. The lowest BCUT2D eigenvalue weighted by molar-refractivity contribution is -0.113. The number of sulfonamides is 1. The van der Waals surface area contributed by atoms with Crippen LogP contribution in [0.4, 0.5) is 5.82 Å². The number of carbonyl (C=O) groups excluding carboxylic acids is 1. The van der Waals surface area contributed by atoms with Crippen LogP contribution in [0.3, 0.4) is 0 Å². The summed E-state index contributed by atoms with van der Waals surface area (Å²) in [4.78, 5) is 41.2. The number of carbonyl (C=O) groups is 1. The van der Waals surface area contributed by atoms with E-state index in [1.165, 1.54) is 54.3 Å². The van der Waals surface area contributed by atoms with Crippen molar-refractivity contribution in [2.45, 2.75) is 24.2 Å². The minimum absolute atomic E-state index is 0.0469. The van der Waals surface area contributed by atoms with E-state index in [-0.39, 0.29) is 40.1 Å². The Morgan fingerprint density at radius 2 is 1.65 bits per heavy atom. The van der Waals surface area contributed by atoms with Crippen LogP contribution in [-0.2, 0) is 19.6 Å². The summed E-state index contributed by atoms with van der Waals surface area (Å²) >= 11 is 0. The molecule has 0 saturated carbocycles. The lowest BCUT2D eigenvalue weighted by Gasteiger charge is -2.28. The maximum Gasteiger partial charge on any atom is 0.330 e. The highest BCUT2D eigenvalue weighted by molar-refractivity contribution is 7.89. The Labute approximate surface area is 272 Å². The van der Waals surface area contributed by atoms with Gasteiger partial charge in [0.2, 0.25) is 0 Å². The molecule has 2 aliphatic heterocycles. The number of aliphatic hydroxyl groups is 2. The summed E-state index contributed by atoms with van der Waals surface area (Å²) in [5, 5.41) is 47.8. The molecule has 4 heterocycles. The summed E-state index contributed by atoms with van der Waals surface area (Å²) in [6.07, 6.45) is 5.30. The van der Waals surface area contributed by atoms with Gasteiger partial charge in [-0.15, -0.1) is 0 Å². The molecule has 2 aliphatic rings. The normalized spacial score (nSPS) is 17.4. The van der Waals surface area contributed by atoms with Gasteiger partial charge in [0.15, 0.2) is 34.9 Å². The van der Waals surface area contributed by atoms with E-state index in [1.54, 1.807) is 49.4 Å². The minimum Gasteiger partial charge on any atom is -0.505 e. The van der Waals surface area contributed by atoms with Crippen LogP contribution in [0.2, 0.25) is 0 Å². The number of aromatic amines is 1. The number of phenols is 3. The number of para-hydroxylation sites is 1. The van der Waals surface area contributed by atoms with Crippen molar-refractivity contribution in [3.05, 3.63) is 123 Å². The van der Waals surface area contributed by atoms with Crippen molar-refractivity contribution in [3.8, 4) is 17.2 Å². The summed E-state index contributed by atoms with van der Waals surface area (Å²) in [7, 11) is -2.69. The van der Waals surface area contributed by atoms with Crippen LogP contribution < -0.4 is 16.6 Å². The van der Waals surface area contributed by atoms with E-state index in [1.807, 2.05) is 0 Å². The number of H-pyrrole nitrogens is 1. The van der Waals surface area contributed by atoms with Crippen LogP contribution in [0.5, 0.6) is 17.2 Å². The summed E-state index contributed by atoms with van der Waals surface area (Å²) in [5.41, 5.74) is -0.749. The molecule has 0 spiro atoms. The Morgan fingerprint density at radius 1 is 0.979 bits per heavy atom. The number of ether oxygens (including phenoxy) is 1. The molecule has 0 aliphatic carbocycles. The molecule has 6 rings (SSSR count). The van der Waals surface area contributed by atoms with Crippen molar-refractivity contribution in [3.63, 3.8) is 0 Å².